The van der Waals surface area contributed by atoms with Gasteiger partial charge in [0, 0.05) is 18.6 Å². The third-order valence-corrected chi connectivity index (χ3v) is 7.22. The highest BCUT2D eigenvalue weighted by atomic mass is 32.2. The van der Waals surface area contributed by atoms with Gasteiger partial charge in [0.1, 0.15) is 4.21 Å². The van der Waals surface area contributed by atoms with Crippen molar-refractivity contribution in [3.63, 3.8) is 0 Å². The van der Waals surface area contributed by atoms with Gasteiger partial charge in [-0.05, 0) is 42.8 Å². The van der Waals surface area contributed by atoms with E-state index in [1.807, 2.05) is 0 Å². The summed E-state index contributed by atoms with van der Waals surface area (Å²) in [5.74, 6) is 0. The second-order valence-electron chi connectivity index (χ2n) is 5.55. The summed E-state index contributed by atoms with van der Waals surface area (Å²) in [5.41, 5.74) is 0.654. The molecular weight excluding hydrogens is 296 g/mol. The van der Waals surface area contributed by atoms with E-state index < -0.39 is 10.0 Å². The zero-order chi connectivity index (χ0) is 14.2. The fourth-order valence-electron chi connectivity index (χ4n) is 3.22. The number of rotatable bonds is 4. The molecule has 7 heteroatoms. The highest BCUT2D eigenvalue weighted by Crippen LogP contribution is 2.29. The van der Waals surface area contributed by atoms with Crippen LogP contribution in [0.3, 0.4) is 0 Å². The molecule has 2 saturated heterocycles. The lowest BCUT2D eigenvalue weighted by molar-refractivity contribution is 0.186. The average molecular weight is 316 g/mol. The monoisotopic (exact) mass is 316 g/mol. The Kier molecular flexibility index (Phi) is 4.14. The van der Waals surface area contributed by atoms with E-state index >= 15 is 0 Å². The van der Waals surface area contributed by atoms with Crippen molar-refractivity contribution in [2.24, 2.45) is 0 Å². The summed E-state index contributed by atoms with van der Waals surface area (Å²) in [6, 6.07) is 1.94. The van der Waals surface area contributed by atoms with Gasteiger partial charge < -0.3 is 5.11 Å². The zero-order valence-corrected chi connectivity index (χ0v) is 12.9. The molecule has 0 radical (unpaired) electrons. The van der Waals surface area contributed by atoms with E-state index in [0.717, 1.165) is 25.9 Å². The van der Waals surface area contributed by atoms with Gasteiger partial charge in [-0.15, -0.1) is 11.3 Å². The number of hydrogen-bond acceptors (Lipinski definition) is 5. The maximum absolute atomic E-state index is 12.4. The molecule has 0 saturated carbocycles. The first-order valence-corrected chi connectivity index (χ1v) is 9.41. The van der Waals surface area contributed by atoms with Crippen LogP contribution >= 0.6 is 11.3 Å². The standard InChI is InChI=1S/C13H20N2O3S2/c16-8-10-7-13(19-9-10)20(17,18)14-11-4-6-15-5-2-1-3-12(11)15/h7,9,11-12,14,16H,1-6,8H2. The van der Waals surface area contributed by atoms with Crippen molar-refractivity contribution in [1.29, 1.82) is 0 Å². The van der Waals surface area contributed by atoms with Gasteiger partial charge in [0.05, 0.1) is 6.61 Å². The third-order valence-electron chi connectivity index (χ3n) is 4.24. The maximum atomic E-state index is 12.4. The number of aliphatic hydroxyl groups is 1. The second-order valence-corrected chi connectivity index (χ2v) is 8.40. The Bertz CT molecular complexity index is 570. The molecule has 2 fully saturated rings. The van der Waals surface area contributed by atoms with Gasteiger partial charge in [-0.25, -0.2) is 13.1 Å². The Balaban J connectivity index is 1.73. The lowest BCUT2D eigenvalue weighted by atomic mass is 10.00. The van der Waals surface area contributed by atoms with Gasteiger partial charge in [-0.3, -0.25) is 4.90 Å². The number of sulfonamides is 1. The Labute approximate surface area is 123 Å². The van der Waals surface area contributed by atoms with Gasteiger partial charge >= 0.3 is 0 Å². The lowest BCUT2D eigenvalue weighted by Gasteiger charge is -2.32. The molecule has 20 heavy (non-hydrogen) atoms. The van der Waals surface area contributed by atoms with E-state index in [1.54, 1.807) is 11.4 Å². The highest BCUT2D eigenvalue weighted by molar-refractivity contribution is 7.91. The second kappa shape index (κ2) is 5.73. The molecule has 0 amide bonds. The Hall–Kier alpha value is -0.470. The average Bonchev–Trinajstić information content (AvgIpc) is 3.06. The molecule has 2 N–H and O–H groups in total. The number of piperidine rings is 1. The largest absolute Gasteiger partial charge is 0.392 e. The first-order valence-electron chi connectivity index (χ1n) is 7.05. The quantitative estimate of drug-likeness (QED) is 0.874. The van der Waals surface area contributed by atoms with Crippen molar-refractivity contribution in [2.75, 3.05) is 13.1 Å². The van der Waals surface area contributed by atoms with Crippen LogP contribution in [-0.4, -0.2) is 43.6 Å². The lowest BCUT2D eigenvalue weighted by Crippen LogP contribution is -2.46. The summed E-state index contributed by atoms with van der Waals surface area (Å²) >= 11 is 1.17. The summed E-state index contributed by atoms with van der Waals surface area (Å²) in [5, 5.41) is 10.7. The minimum absolute atomic E-state index is 0.0278. The molecular formula is C13H20N2O3S2. The van der Waals surface area contributed by atoms with Crippen LogP contribution < -0.4 is 4.72 Å². The number of nitrogens with zero attached hydrogens (tertiary/aromatic N) is 1. The number of nitrogens with one attached hydrogen (secondary N) is 1. The van der Waals surface area contributed by atoms with Crippen LogP contribution in [0.15, 0.2) is 15.7 Å². The molecule has 3 rings (SSSR count). The summed E-state index contributed by atoms with van der Waals surface area (Å²) in [6.07, 6.45) is 4.38. The normalized spacial score (nSPS) is 27.6. The van der Waals surface area contributed by atoms with Crippen LogP contribution in [0.2, 0.25) is 0 Å². The van der Waals surface area contributed by atoms with Crippen LogP contribution in [0.4, 0.5) is 0 Å². The van der Waals surface area contributed by atoms with Gasteiger partial charge in [-0.2, -0.15) is 0 Å². The molecule has 2 atom stereocenters. The molecule has 3 heterocycles. The van der Waals surface area contributed by atoms with E-state index in [9.17, 15) is 8.42 Å². The SMILES string of the molecule is O=S(=O)(NC1CCN2CCCCC12)c1cc(CO)cs1. The van der Waals surface area contributed by atoms with Crippen molar-refractivity contribution in [3.8, 4) is 0 Å². The Morgan fingerprint density at radius 3 is 2.95 bits per heavy atom. The molecule has 2 unspecified atom stereocenters. The summed E-state index contributed by atoms with van der Waals surface area (Å²) < 4.78 is 28.0. The molecule has 2 aliphatic rings. The van der Waals surface area contributed by atoms with E-state index in [4.69, 9.17) is 5.11 Å². The van der Waals surface area contributed by atoms with Gasteiger partial charge in [0.25, 0.3) is 0 Å². The number of hydrogen-bond donors (Lipinski definition) is 2. The third kappa shape index (κ3) is 2.78. The van der Waals surface area contributed by atoms with Crippen LogP contribution in [-0.2, 0) is 16.6 Å². The molecule has 2 aliphatic heterocycles. The molecule has 0 aliphatic carbocycles. The van der Waals surface area contributed by atoms with Gasteiger partial charge in [-0.1, -0.05) is 6.42 Å². The molecule has 112 valence electrons. The summed E-state index contributed by atoms with van der Waals surface area (Å²) in [4.78, 5) is 2.41. The van der Waals surface area contributed by atoms with E-state index in [0.29, 0.717) is 15.8 Å². The first-order chi connectivity index (χ1) is 9.60. The van der Waals surface area contributed by atoms with Crippen molar-refractivity contribution in [2.45, 2.75) is 48.6 Å². The predicted octanol–water partition coefficient (Wildman–Crippen LogP) is 1.15. The molecule has 1 aromatic rings. The van der Waals surface area contributed by atoms with Crippen LogP contribution in [0, 0.1) is 0 Å². The highest BCUT2D eigenvalue weighted by Gasteiger charge is 2.37. The van der Waals surface area contributed by atoms with Crippen LogP contribution in [0.25, 0.3) is 0 Å². The smallest absolute Gasteiger partial charge is 0.250 e. The predicted molar refractivity (Wildman–Crippen MR) is 78.2 cm³/mol. The van der Waals surface area contributed by atoms with Crippen LogP contribution in [0.1, 0.15) is 31.2 Å². The summed E-state index contributed by atoms with van der Waals surface area (Å²) in [7, 11) is -3.45. The van der Waals surface area contributed by atoms with Crippen molar-refractivity contribution < 1.29 is 13.5 Å². The van der Waals surface area contributed by atoms with Crippen molar-refractivity contribution in [1.82, 2.24) is 9.62 Å². The van der Waals surface area contributed by atoms with E-state index in [1.165, 1.54) is 24.2 Å². The van der Waals surface area contributed by atoms with Gasteiger partial charge in [0.2, 0.25) is 10.0 Å². The Morgan fingerprint density at radius 2 is 2.20 bits per heavy atom. The zero-order valence-electron chi connectivity index (χ0n) is 11.3. The van der Waals surface area contributed by atoms with Crippen LogP contribution in [0.5, 0.6) is 0 Å². The molecule has 0 spiro atoms. The number of fused-ring (bicyclic) bond motifs is 1. The Morgan fingerprint density at radius 1 is 1.35 bits per heavy atom. The van der Waals surface area contributed by atoms with E-state index in [-0.39, 0.29) is 12.6 Å². The summed E-state index contributed by atoms with van der Waals surface area (Å²) in [6.45, 7) is 1.96. The molecule has 1 aromatic heterocycles. The minimum Gasteiger partial charge on any atom is -0.392 e. The number of thiophene rings is 1. The minimum atomic E-state index is -3.45. The molecule has 5 nitrogen and oxygen atoms in total. The fourth-order valence-corrected chi connectivity index (χ4v) is 5.74. The van der Waals surface area contributed by atoms with Crippen molar-refractivity contribution in [3.05, 3.63) is 17.0 Å². The maximum Gasteiger partial charge on any atom is 0.250 e. The molecule has 0 aromatic carbocycles. The van der Waals surface area contributed by atoms with Gasteiger partial charge in [0.15, 0.2) is 0 Å². The first kappa shape index (κ1) is 14.5. The fraction of sp³-hybridized carbons (Fsp3) is 0.692. The number of aliphatic hydroxyl groups excluding tert-OH is 1. The van der Waals surface area contributed by atoms with Crippen molar-refractivity contribution >= 4 is 21.4 Å². The van der Waals surface area contributed by atoms with E-state index in [2.05, 4.69) is 9.62 Å². The topological polar surface area (TPSA) is 69.6 Å². The molecule has 0 bridgehead atoms.